The van der Waals surface area contributed by atoms with Crippen LogP contribution < -0.4 is 5.56 Å². The van der Waals surface area contributed by atoms with Gasteiger partial charge in [-0.3, -0.25) is 4.79 Å². The molecule has 4 heteroatoms. The van der Waals surface area contributed by atoms with Crippen LogP contribution in [0.25, 0.3) is 22.3 Å². The van der Waals surface area contributed by atoms with Gasteiger partial charge in [-0.05, 0) is 28.0 Å². The molecule has 1 aromatic carbocycles. The minimum Gasteiger partial charge on any atom is -0.267 e. The van der Waals surface area contributed by atoms with E-state index in [0.29, 0.717) is 5.56 Å². The van der Waals surface area contributed by atoms with Crippen molar-refractivity contribution in [3.63, 3.8) is 0 Å². The quantitative estimate of drug-likeness (QED) is 0.763. The van der Waals surface area contributed by atoms with E-state index in [2.05, 4.69) is 10.2 Å². The maximum atomic E-state index is 12.0. The Hall–Kier alpha value is -2.20. The Labute approximate surface area is 108 Å². The summed E-state index contributed by atoms with van der Waals surface area (Å²) in [4.78, 5) is 12.0. The Bertz CT molecular complexity index is 702. The summed E-state index contributed by atoms with van der Waals surface area (Å²) >= 11 is 1.57. The number of rotatable bonds is 2. The zero-order valence-electron chi connectivity index (χ0n) is 9.46. The van der Waals surface area contributed by atoms with E-state index in [0.717, 1.165) is 16.7 Å². The molecule has 0 radical (unpaired) electrons. The topological polar surface area (TPSA) is 45.8 Å². The van der Waals surface area contributed by atoms with Crippen molar-refractivity contribution in [1.82, 2.24) is 10.2 Å². The first kappa shape index (κ1) is 10.9. The predicted octanol–water partition coefficient (Wildman–Crippen LogP) is 3.17. The van der Waals surface area contributed by atoms with Crippen LogP contribution in [0.2, 0.25) is 0 Å². The number of hydrogen-bond acceptors (Lipinski definition) is 3. The van der Waals surface area contributed by atoms with Crippen molar-refractivity contribution >= 4 is 11.3 Å². The molecular formula is C14H10N2OS. The molecule has 3 rings (SSSR count). The molecule has 18 heavy (non-hydrogen) atoms. The first-order chi connectivity index (χ1) is 8.86. The van der Waals surface area contributed by atoms with E-state index >= 15 is 0 Å². The van der Waals surface area contributed by atoms with Crippen LogP contribution >= 0.6 is 11.3 Å². The first-order valence-electron chi connectivity index (χ1n) is 5.52. The van der Waals surface area contributed by atoms with Crippen molar-refractivity contribution in [2.45, 2.75) is 0 Å². The van der Waals surface area contributed by atoms with Gasteiger partial charge in [0.25, 0.3) is 5.56 Å². The smallest absolute Gasteiger partial charge is 0.267 e. The van der Waals surface area contributed by atoms with E-state index in [1.54, 1.807) is 17.5 Å². The molecule has 0 amide bonds. The van der Waals surface area contributed by atoms with Gasteiger partial charge >= 0.3 is 0 Å². The summed E-state index contributed by atoms with van der Waals surface area (Å²) in [6.45, 7) is 0. The number of thiophene rings is 1. The van der Waals surface area contributed by atoms with Gasteiger partial charge in [-0.1, -0.05) is 30.3 Å². The molecule has 2 aromatic heterocycles. The van der Waals surface area contributed by atoms with Crippen LogP contribution in [0.1, 0.15) is 0 Å². The predicted molar refractivity (Wildman–Crippen MR) is 73.6 cm³/mol. The van der Waals surface area contributed by atoms with Gasteiger partial charge in [0.05, 0.1) is 11.8 Å². The standard InChI is InChI=1S/C14H10N2OS/c17-14-13(11-6-7-18-9-11)12(8-15-16-14)10-4-2-1-3-5-10/h1-9H,(H,16,17). The molecule has 0 spiro atoms. The SMILES string of the molecule is O=c1[nH]ncc(-c2ccccc2)c1-c1ccsc1. The maximum absolute atomic E-state index is 12.0. The lowest BCUT2D eigenvalue weighted by Crippen LogP contribution is -2.11. The lowest BCUT2D eigenvalue weighted by atomic mass is 9.99. The molecule has 3 aromatic rings. The summed E-state index contributed by atoms with van der Waals surface area (Å²) in [5.41, 5.74) is 3.31. The average molecular weight is 254 g/mol. The zero-order valence-corrected chi connectivity index (χ0v) is 10.3. The second-order valence-corrected chi connectivity index (χ2v) is 4.65. The van der Waals surface area contributed by atoms with Gasteiger partial charge in [0.1, 0.15) is 0 Å². The summed E-state index contributed by atoms with van der Waals surface area (Å²) in [5, 5.41) is 10.3. The molecule has 0 aliphatic carbocycles. The molecule has 2 heterocycles. The monoisotopic (exact) mass is 254 g/mol. The molecular weight excluding hydrogens is 244 g/mol. The van der Waals surface area contributed by atoms with Crippen molar-refractivity contribution < 1.29 is 0 Å². The molecule has 88 valence electrons. The third-order valence-electron chi connectivity index (χ3n) is 2.75. The molecule has 0 saturated heterocycles. The van der Waals surface area contributed by atoms with Crippen molar-refractivity contribution in [2.75, 3.05) is 0 Å². The second-order valence-electron chi connectivity index (χ2n) is 3.87. The summed E-state index contributed by atoms with van der Waals surface area (Å²) in [6, 6.07) is 11.8. The highest BCUT2D eigenvalue weighted by molar-refractivity contribution is 7.08. The van der Waals surface area contributed by atoms with Crippen LogP contribution in [0.15, 0.2) is 58.1 Å². The lowest BCUT2D eigenvalue weighted by Gasteiger charge is -2.06. The molecule has 0 fully saturated rings. The van der Waals surface area contributed by atoms with E-state index < -0.39 is 0 Å². The van der Waals surface area contributed by atoms with Crippen LogP contribution in [-0.2, 0) is 0 Å². The molecule has 0 saturated carbocycles. The number of aromatic amines is 1. The van der Waals surface area contributed by atoms with E-state index in [1.807, 2.05) is 47.2 Å². The van der Waals surface area contributed by atoms with Crippen LogP contribution in [0.4, 0.5) is 0 Å². The van der Waals surface area contributed by atoms with Crippen LogP contribution in [0, 0.1) is 0 Å². The Morgan fingerprint density at radius 3 is 2.61 bits per heavy atom. The van der Waals surface area contributed by atoms with Crippen molar-refractivity contribution in [1.29, 1.82) is 0 Å². The fourth-order valence-electron chi connectivity index (χ4n) is 1.93. The number of aromatic nitrogens is 2. The summed E-state index contributed by atoms with van der Waals surface area (Å²) in [5.74, 6) is 0. The molecule has 0 aliphatic heterocycles. The molecule has 0 aliphatic rings. The molecule has 0 unspecified atom stereocenters. The van der Waals surface area contributed by atoms with E-state index in [9.17, 15) is 4.79 Å². The first-order valence-corrected chi connectivity index (χ1v) is 6.46. The van der Waals surface area contributed by atoms with Gasteiger partial charge in [0.2, 0.25) is 0 Å². The summed E-state index contributed by atoms with van der Waals surface area (Å²) in [7, 11) is 0. The highest BCUT2D eigenvalue weighted by Gasteiger charge is 2.11. The highest BCUT2D eigenvalue weighted by atomic mass is 32.1. The Morgan fingerprint density at radius 2 is 1.89 bits per heavy atom. The minimum absolute atomic E-state index is 0.158. The summed E-state index contributed by atoms with van der Waals surface area (Å²) < 4.78 is 0. The second kappa shape index (κ2) is 4.58. The number of nitrogens with zero attached hydrogens (tertiary/aromatic N) is 1. The van der Waals surface area contributed by atoms with Crippen molar-refractivity contribution in [2.24, 2.45) is 0 Å². The average Bonchev–Trinajstić information content (AvgIpc) is 2.93. The highest BCUT2D eigenvalue weighted by Crippen LogP contribution is 2.29. The van der Waals surface area contributed by atoms with Gasteiger partial charge in [-0.15, -0.1) is 0 Å². The fraction of sp³-hybridized carbons (Fsp3) is 0. The third kappa shape index (κ3) is 1.87. The lowest BCUT2D eigenvalue weighted by molar-refractivity contribution is 0.994. The molecule has 0 bridgehead atoms. The Balaban J connectivity index is 2.29. The minimum atomic E-state index is -0.158. The van der Waals surface area contributed by atoms with E-state index in [4.69, 9.17) is 0 Å². The van der Waals surface area contributed by atoms with Gasteiger partial charge in [-0.2, -0.15) is 16.4 Å². The largest absolute Gasteiger partial charge is 0.272 e. The van der Waals surface area contributed by atoms with Crippen LogP contribution in [-0.4, -0.2) is 10.2 Å². The number of benzene rings is 1. The maximum Gasteiger partial charge on any atom is 0.272 e. The number of nitrogens with one attached hydrogen (secondary N) is 1. The van der Waals surface area contributed by atoms with E-state index in [-0.39, 0.29) is 5.56 Å². The Kier molecular flexibility index (Phi) is 2.78. The van der Waals surface area contributed by atoms with E-state index in [1.165, 1.54) is 0 Å². The van der Waals surface area contributed by atoms with Crippen molar-refractivity contribution in [3.8, 4) is 22.3 Å². The fourth-order valence-corrected chi connectivity index (χ4v) is 2.57. The normalized spacial score (nSPS) is 10.4. The van der Waals surface area contributed by atoms with Crippen molar-refractivity contribution in [3.05, 3.63) is 63.7 Å². The van der Waals surface area contributed by atoms with Crippen LogP contribution in [0.3, 0.4) is 0 Å². The van der Waals surface area contributed by atoms with Gasteiger partial charge in [0.15, 0.2) is 0 Å². The molecule has 0 atom stereocenters. The van der Waals surface area contributed by atoms with Gasteiger partial charge < -0.3 is 0 Å². The number of hydrogen-bond donors (Lipinski definition) is 1. The third-order valence-corrected chi connectivity index (χ3v) is 3.43. The number of H-pyrrole nitrogens is 1. The summed E-state index contributed by atoms with van der Waals surface area (Å²) in [6.07, 6.45) is 1.70. The molecule has 3 nitrogen and oxygen atoms in total. The Morgan fingerprint density at radius 1 is 1.06 bits per heavy atom. The molecule has 1 N–H and O–H groups in total. The van der Waals surface area contributed by atoms with Gasteiger partial charge in [-0.25, -0.2) is 5.10 Å². The van der Waals surface area contributed by atoms with Gasteiger partial charge in [0, 0.05) is 5.56 Å². The van der Waals surface area contributed by atoms with Crippen LogP contribution in [0.5, 0.6) is 0 Å². The zero-order chi connectivity index (χ0) is 12.4.